The predicted molar refractivity (Wildman–Crippen MR) is 92.1 cm³/mol. The van der Waals surface area contributed by atoms with Crippen LogP contribution in [-0.4, -0.2) is 18.4 Å². The lowest BCUT2D eigenvalue weighted by Crippen LogP contribution is -2.35. The Morgan fingerprint density at radius 1 is 1.00 bits per heavy atom. The highest BCUT2D eigenvalue weighted by Crippen LogP contribution is 2.41. The number of unbranched alkanes of at least 4 members (excludes halogenated alkanes) is 1. The summed E-state index contributed by atoms with van der Waals surface area (Å²) in [7, 11) is 0. The van der Waals surface area contributed by atoms with Gasteiger partial charge in [0, 0.05) is 6.42 Å². The number of ketones is 1. The maximum Gasteiger partial charge on any atom is 0.316 e. The highest BCUT2D eigenvalue weighted by molar-refractivity contribution is 5.99. The Bertz CT molecular complexity index is 382. The summed E-state index contributed by atoms with van der Waals surface area (Å²) in [5.74, 6) is 1.54. The van der Waals surface area contributed by atoms with Crippen molar-refractivity contribution in [3.05, 3.63) is 0 Å². The summed E-state index contributed by atoms with van der Waals surface area (Å²) in [6.07, 6.45) is 12.1. The second kappa shape index (κ2) is 9.44. The van der Waals surface area contributed by atoms with Gasteiger partial charge in [0.1, 0.15) is 11.7 Å². The molecule has 2 aliphatic carbocycles. The van der Waals surface area contributed by atoms with Gasteiger partial charge in [-0.1, -0.05) is 46.0 Å². The van der Waals surface area contributed by atoms with Gasteiger partial charge in [0.25, 0.3) is 0 Å². The van der Waals surface area contributed by atoms with Crippen LogP contribution in [0.2, 0.25) is 0 Å². The monoisotopic (exact) mass is 322 g/mol. The summed E-state index contributed by atoms with van der Waals surface area (Å²) in [4.78, 5) is 24.4. The maximum atomic E-state index is 12.4. The van der Waals surface area contributed by atoms with Crippen LogP contribution in [0.3, 0.4) is 0 Å². The minimum Gasteiger partial charge on any atom is -0.465 e. The first-order valence-corrected chi connectivity index (χ1v) is 9.85. The van der Waals surface area contributed by atoms with E-state index < -0.39 is 5.92 Å². The van der Waals surface area contributed by atoms with Crippen molar-refractivity contribution < 1.29 is 14.3 Å². The highest BCUT2D eigenvalue weighted by Gasteiger charge is 2.38. The van der Waals surface area contributed by atoms with Gasteiger partial charge in [-0.2, -0.15) is 0 Å². The summed E-state index contributed by atoms with van der Waals surface area (Å²) < 4.78 is 5.25. The zero-order chi connectivity index (χ0) is 16.7. The van der Waals surface area contributed by atoms with Gasteiger partial charge in [-0.05, 0) is 49.9 Å². The zero-order valence-corrected chi connectivity index (χ0v) is 15.0. The summed E-state index contributed by atoms with van der Waals surface area (Å²) in [6, 6.07) is 0. The fraction of sp³-hybridized carbons (Fsp3) is 0.900. The van der Waals surface area contributed by atoms with Gasteiger partial charge in [-0.25, -0.2) is 0 Å². The van der Waals surface area contributed by atoms with Crippen molar-refractivity contribution in [2.75, 3.05) is 6.61 Å². The summed E-state index contributed by atoms with van der Waals surface area (Å²) in [5.41, 5.74) is 0. The molecule has 0 aromatic rings. The third-order valence-corrected chi connectivity index (χ3v) is 5.96. The van der Waals surface area contributed by atoms with Crippen molar-refractivity contribution in [3.8, 4) is 0 Å². The van der Waals surface area contributed by atoms with E-state index in [0.717, 1.165) is 25.2 Å². The van der Waals surface area contributed by atoms with Crippen LogP contribution in [0.4, 0.5) is 0 Å². The molecule has 0 radical (unpaired) electrons. The number of ether oxygens (including phenoxy) is 1. The Hall–Kier alpha value is -0.860. The minimum atomic E-state index is -0.473. The molecular formula is C20H34O3. The first-order chi connectivity index (χ1) is 11.2. The molecule has 0 saturated heterocycles. The van der Waals surface area contributed by atoms with E-state index >= 15 is 0 Å². The average molecular weight is 322 g/mol. The first-order valence-electron chi connectivity index (χ1n) is 9.85. The molecule has 3 heteroatoms. The van der Waals surface area contributed by atoms with Gasteiger partial charge >= 0.3 is 5.97 Å². The minimum absolute atomic E-state index is 0.137. The topological polar surface area (TPSA) is 43.4 Å². The van der Waals surface area contributed by atoms with E-state index in [9.17, 15) is 9.59 Å². The molecule has 0 aromatic carbocycles. The lowest BCUT2D eigenvalue weighted by atomic mass is 9.68. The summed E-state index contributed by atoms with van der Waals surface area (Å²) in [6.45, 7) is 4.80. The summed E-state index contributed by atoms with van der Waals surface area (Å²) >= 11 is 0. The van der Waals surface area contributed by atoms with Gasteiger partial charge in [0.2, 0.25) is 0 Å². The van der Waals surface area contributed by atoms with E-state index in [1.807, 2.05) is 0 Å². The largest absolute Gasteiger partial charge is 0.465 e. The van der Waals surface area contributed by atoms with E-state index in [1.165, 1.54) is 38.5 Å². The maximum absolute atomic E-state index is 12.4. The third kappa shape index (κ3) is 5.32. The molecule has 2 saturated carbocycles. The molecule has 3 nitrogen and oxygen atoms in total. The molecule has 2 atom stereocenters. The van der Waals surface area contributed by atoms with Gasteiger partial charge in [-0.3, -0.25) is 9.59 Å². The molecule has 0 aliphatic heterocycles. The van der Waals surface area contributed by atoms with E-state index in [-0.39, 0.29) is 11.8 Å². The van der Waals surface area contributed by atoms with Gasteiger partial charge < -0.3 is 4.74 Å². The molecule has 0 bridgehead atoms. The number of hydrogen-bond acceptors (Lipinski definition) is 3. The molecule has 0 spiro atoms. The van der Waals surface area contributed by atoms with Gasteiger partial charge in [0.05, 0.1) is 6.61 Å². The fourth-order valence-corrected chi connectivity index (χ4v) is 4.47. The van der Waals surface area contributed by atoms with Crippen molar-refractivity contribution in [1.29, 1.82) is 0 Å². The van der Waals surface area contributed by atoms with Crippen molar-refractivity contribution in [3.63, 3.8) is 0 Å². The molecule has 0 aromatic heterocycles. The molecule has 0 heterocycles. The zero-order valence-electron chi connectivity index (χ0n) is 15.0. The molecule has 23 heavy (non-hydrogen) atoms. The van der Waals surface area contributed by atoms with Crippen molar-refractivity contribution in [2.24, 2.45) is 23.7 Å². The van der Waals surface area contributed by atoms with Crippen LogP contribution >= 0.6 is 0 Å². The fourth-order valence-electron chi connectivity index (χ4n) is 4.47. The van der Waals surface area contributed by atoms with Crippen LogP contribution in [0.5, 0.6) is 0 Å². The standard InChI is InChI=1S/C20H34O3/c1-3-5-13-23-20(22)18-12-11-17(14-19(18)21)16-9-7-15(6-4-2)8-10-16/h15-18H,3-14H2,1-2H3/t15?,16?,17-,18-/m1/s1. The van der Waals surface area contributed by atoms with Crippen molar-refractivity contribution >= 4 is 11.8 Å². The van der Waals surface area contributed by atoms with Gasteiger partial charge in [-0.15, -0.1) is 0 Å². The van der Waals surface area contributed by atoms with Crippen LogP contribution in [0, 0.1) is 23.7 Å². The molecular weight excluding hydrogens is 288 g/mol. The van der Waals surface area contributed by atoms with E-state index in [2.05, 4.69) is 13.8 Å². The smallest absolute Gasteiger partial charge is 0.316 e. The third-order valence-electron chi connectivity index (χ3n) is 5.96. The number of carbonyl (C=O) groups excluding carboxylic acids is 2. The molecule has 2 aliphatic rings. The first kappa shape index (κ1) is 18.5. The Balaban J connectivity index is 1.75. The second-order valence-corrected chi connectivity index (χ2v) is 7.65. The lowest BCUT2D eigenvalue weighted by Gasteiger charge is -2.36. The molecule has 2 rings (SSSR count). The van der Waals surface area contributed by atoms with Crippen LogP contribution in [0.25, 0.3) is 0 Å². The van der Waals surface area contributed by atoms with Crippen LogP contribution < -0.4 is 0 Å². The Labute approximate surface area is 141 Å². The van der Waals surface area contributed by atoms with E-state index in [1.54, 1.807) is 0 Å². The van der Waals surface area contributed by atoms with E-state index in [4.69, 9.17) is 4.74 Å². The molecule has 0 unspecified atom stereocenters. The highest BCUT2D eigenvalue weighted by atomic mass is 16.5. The molecule has 2 fully saturated rings. The average Bonchev–Trinajstić information content (AvgIpc) is 2.56. The molecule has 0 amide bonds. The number of rotatable bonds is 7. The summed E-state index contributed by atoms with van der Waals surface area (Å²) in [5, 5.41) is 0. The number of carbonyl (C=O) groups is 2. The Morgan fingerprint density at radius 3 is 2.30 bits per heavy atom. The van der Waals surface area contributed by atoms with Gasteiger partial charge in [0.15, 0.2) is 0 Å². The van der Waals surface area contributed by atoms with Crippen LogP contribution in [0.15, 0.2) is 0 Å². The predicted octanol–water partition coefficient (Wildman–Crippen LogP) is 4.92. The molecule has 132 valence electrons. The van der Waals surface area contributed by atoms with Crippen LogP contribution in [0.1, 0.15) is 84.5 Å². The Morgan fingerprint density at radius 2 is 1.70 bits per heavy atom. The van der Waals surface area contributed by atoms with Crippen molar-refractivity contribution in [1.82, 2.24) is 0 Å². The van der Waals surface area contributed by atoms with E-state index in [0.29, 0.717) is 31.3 Å². The number of Topliss-reactive ketones (excluding diaryl/α,β-unsaturated/α-hetero) is 1. The molecule has 0 N–H and O–H groups in total. The normalized spacial score (nSPS) is 31.8. The Kier molecular flexibility index (Phi) is 7.58. The van der Waals surface area contributed by atoms with Crippen LogP contribution in [-0.2, 0) is 14.3 Å². The van der Waals surface area contributed by atoms with Crippen molar-refractivity contribution in [2.45, 2.75) is 84.5 Å². The quantitative estimate of drug-likeness (QED) is 0.379. The lowest BCUT2D eigenvalue weighted by molar-refractivity contribution is -0.154. The SMILES string of the molecule is CCCCOC(=O)[C@@H]1CC[C@@H](C2CCC(CCC)CC2)CC1=O. The number of hydrogen-bond donors (Lipinski definition) is 0. The number of esters is 1. The second-order valence-electron chi connectivity index (χ2n) is 7.65.